The number of rotatable bonds is 7. The van der Waals surface area contributed by atoms with Gasteiger partial charge in [-0.3, -0.25) is 4.79 Å². The summed E-state index contributed by atoms with van der Waals surface area (Å²) in [4.78, 5) is 27.1. The van der Waals surface area contributed by atoms with Crippen LogP contribution in [0, 0.1) is 0 Å². The quantitative estimate of drug-likeness (QED) is 0.253. The molecule has 0 aliphatic carbocycles. The Morgan fingerprint density at radius 2 is 1.77 bits per heavy atom. The lowest BCUT2D eigenvalue weighted by molar-refractivity contribution is -0.137. The Kier molecular flexibility index (Phi) is 6.75. The van der Waals surface area contributed by atoms with Crippen LogP contribution in [-0.4, -0.2) is 24.3 Å². The molecule has 0 radical (unpaired) electrons. The highest BCUT2D eigenvalue weighted by Gasteiger charge is 2.04. The number of benzene rings is 2. The van der Waals surface area contributed by atoms with E-state index in [4.69, 9.17) is 32.6 Å². The predicted molar refractivity (Wildman–Crippen MR) is 98.4 cm³/mol. The van der Waals surface area contributed by atoms with Gasteiger partial charge in [0.1, 0.15) is 5.75 Å². The summed E-state index contributed by atoms with van der Waals surface area (Å²) in [6.45, 7) is -0.224. The predicted octanol–water partition coefficient (Wildman–Crippen LogP) is 2.08. The van der Waals surface area contributed by atoms with Gasteiger partial charge in [-0.2, -0.15) is 0 Å². The third-order valence-electron chi connectivity index (χ3n) is 3.07. The van der Waals surface area contributed by atoms with Crippen molar-refractivity contribution in [3.8, 4) is 5.75 Å². The van der Waals surface area contributed by atoms with Crippen LogP contribution < -0.4 is 16.2 Å². The molecule has 2 rings (SSSR count). The first-order chi connectivity index (χ1) is 12.5. The number of carbonyl (C=O) groups excluding carboxylic acids is 2. The van der Waals surface area contributed by atoms with Crippen molar-refractivity contribution in [2.24, 2.45) is 16.6 Å². The first-order valence-corrected chi connectivity index (χ1v) is 7.82. The number of halogens is 1. The summed E-state index contributed by atoms with van der Waals surface area (Å²) in [7, 11) is 0. The zero-order chi connectivity index (χ0) is 18.9. The highest BCUT2D eigenvalue weighted by Crippen LogP contribution is 2.16. The molecular formula is C18H16ClN3O4. The van der Waals surface area contributed by atoms with Crippen LogP contribution in [-0.2, 0) is 14.4 Å². The van der Waals surface area contributed by atoms with Gasteiger partial charge in [0.05, 0.1) is 0 Å². The minimum atomic E-state index is -0.700. The van der Waals surface area contributed by atoms with Gasteiger partial charge in [-0.05, 0) is 42.0 Å². The lowest BCUT2D eigenvalue weighted by atomic mass is 10.2. The van der Waals surface area contributed by atoms with E-state index in [-0.39, 0.29) is 12.4 Å². The van der Waals surface area contributed by atoms with Gasteiger partial charge in [0, 0.05) is 16.7 Å². The summed E-state index contributed by atoms with van der Waals surface area (Å²) in [5, 5.41) is 4.09. The maximum Gasteiger partial charge on any atom is 0.358 e. The number of oxime groups is 1. The van der Waals surface area contributed by atoms with Crippen LogP contribution in [0.4, 0.5) is 0 Å². The third-order valence-corrected chi connectivity index (χ3v) is 3.41. The molecule has 8 heteroatoms. The Bertz CT molecular complexity index is 848. The molecule has 0 fully saturated rings. The molecule has 134 valence electrons. The second-order valence-electron chi connectivity index (χ2n) is 5.02. The second kappa shape index (κ2) is 9.24. The number of nitrogens with two attached hydrogens (primary N) is 2. The molecule has 0 saturated carbocycles. The smallest absolute Gasteiger partial charge is 0.358 e. The van der Waals surface area contributed by atoms with Gasteiger partial charge >= 0.3 is 5.97 Å². The molecule has 26 heavy (non-hydrogen) atoms. The Morgan fingerprint density at radius 3 is 2.42 bits per heavy atom. The average molecular weight is 374 g/mol. The van der Waals surface area contributed by atoms with E-state index in [2.05, 4.69) is 5.16 Å². The van der Waals surface area contributed by atoms with E-state index >= 15 is 0 Å². The van der Waals surface area contributed by atoms with Crippen molar-refractivity contribution in [2.45, 2.75) is 0 Å². The zero-order valence-corrected chi connectivity index (χ0v) is 14.3. The van der Waals surface area contributed by atoms with E-state index in [9.17, 15) is 9.59 Å². The van der Waals surface area contributed by atoms with Crippen LogP contribution >= 0.6 is 11.6 Å². The molecule has 2 aromatic rings. The number of amidine groups is 1. The lowest BCUT2D eigenvalue weighted by Crippen LogP contribution is -2.20. The molecule has 0 spiro atoms. The van der Waals surface area contributed by atoms with Crippen molar-refractivity contribution >= 4 is 35.4 Å². The Hall–Kier alpha value is -3.32. The van der Waals surface area contributed by atoms with Gasteiger partial charge in [0.25, 0.3) is 5.91 Å². The molecule has 0 aliphatic rings. The number of ether oxygens (including phenoxy) is 1. The maximum atomic E-state index is 11.7. The van der Waals surface area contributed by atoms with E-state index < -0.39 is 11.9 Å². The minimum absolute atomic E-state index is 0.00550. The first kappa shape index (κ1) is 19.0. The van der Waals surface area contributed by atoms with Crippen molar-refractivity contribution in [1.82, 2.24) is 0 Å². The van der Waals surface area contributed by atoms with Crippen molar-refractivity contribution < 1.29 is 19.2 Å². The van der Waals surface area contributed by atoms with Crippen LogP contribution in [0.25, 0.3) is 6.08 Å². The summed E-state index contributed by atoms with van der Waals surface area (Å²) in [5.41, 5.74) is 11.9. The molecule has 0 bridgehead atoms. The summed E-state index contributed by atoms with van der Waals surface area (Å²) >= 11 is 5.98. The number of carbonyl (C=O) groups is 2. The van der Waals surface area contributed by atoms with Crippen LogP contribution in [0.1, 0.15) is 11.1 Å². The number of nitrogens with zero attached hydrogens (tertiary/aromatic N) is 1. The van der Waals surface area contributed by atoms with Crippen molar-refractivity contribution in [1.29, 1.82) is 0 Å². The van der Waals surface area contributed by atoms with Crippen LogP contribution in [0.5, 0.6) is 5.75 Å². The molecule has 0 aromatic heterocycles. The second-order valence-corrected chi connectivity index (χ2v) is 5.43. The van der Waals surface area contributed by atoms with Crippen molar-refractivity contribution in [3.05, 3.63) is 70.8 Å². The molecule has 4 N–H and O–H groups in total. The number of primary amides is 1. The molecule has 1 amide bonds. The summed E-state index contributed by atoms with van der Waals surface area (Å²) < 4.78 is 5.12. The summed E-state index contributed by atoms with van der Waals surface area (Å²) in [6.07, 6.45) is 2.71. The minimum Gasteiger partial charge on any atom is -0.484 e. The SMILES string of the molecule is NC(=O)COc1ccc(/C(N)=N/OC(=O)/C=C/c2ccccc2Cl)cc1. The molecule has 0 unspecified atom stereocenters. The van der Waals surface area contributed by atoms with E-state index in [1.165, 1.54) is 12.2 Å². The zero-order valence-electron chi connectivity index (χ0n) is 13.6. The van der Waals surface area contributed by atoms with Crippen LogP contribution in [0.3, 0.4) is 0 Å². The Balaban J connectivity index is 1.93. The Morgan fingerprint density at radius 1 is 1.08 bits per heavy atom. The fourth-order valence-corrected chi connectivity index (χ4v) is 2.02. The molecule has 0 saturated heterocycles. The largest absolute Gasteiger partial charge is 0.484 e. The topological polar surface area (TPSA) is 117 Å². The third kappa shape index (κ3) is 5.95. The van der Waals surface area contributed by atoms with Gasteiger partial charge in [0.15, 0.2) is 12.4 Å². The number of amides is 1. The van der Waals surface area contributed by atoms with Crippen LogP contribution in [0.2, 0.25) is 5.02 Å². The first-order valence-electron chi connectivity index (χ1n) is 7.44. The van der Waals surface area contributed by atoms with Crippen LogP contribution in [0.15, 0.2) is 59.8 Å². The molecule has 0 atom stereocenters. The van der Waals surface area contributed by atoms with Crippen molar-refractivity contribution in [3.63, 3.8) is 0 Å². The lowest BCUT2D eigenvalue weighted by Gasteiger charge is -2.04. The average Bonchev–Trinajstić information content (AvgIpc) is 2.64. The van der Waals surface area contributed by atoms with Crippen molar-refractivity contribution in [2.75, 3.05) is 6.61 Å². The van der Waals surface area contributed by atoms with E-state index in [1.807, 2.05) is 0 Å². The van der Waals surface area contributed by atoms with E-state index in [0.717, 1.165) is 0 Å². The van der Waals surface area contributed by atoms with Gasteiger partial charge in [-0.1, -0.05) is 35.0 Å². The molecule has 2 aromatic carbocycles. The van der Waals surface area contributed by atoms with Gasteiger partial charge in [0.2, 0.25) is 0 Å². The molecule has 7 nitrogen and oxygen atoms in total. The van der Waals surface area contributed by atoms with E-state index in [0.29, 0.717) is 21.9 Å². The molecule has 0 heterocycles. The van der Waals surface area contributed by atoms with E-state index in [1.54, 1.807) is 48.5 Å². The van der Waals surface area contributed by atoms with Gasteiger partial charge in [-0.25, -0.2) is 4.79 Å². The van der Waals surface area contributed by atoms with Gasteiger partial charge in [-0.15, -0.1) is 0 Å². The highest BCUT2D eigenvalue weighted by molar-refractivity contribution is 6.32. The summed E-state index contributed by atoms with van der Waals surface area (Å²) in [6, 6.07) is 13.4. The highest BCUT2D eigenvalue weighted by atomic mass is 35.5. The monoisotopic (exact) mass is 373 g/mol. The van der Waals surface area contributed by atoms with Gasteiger partial charge < -0.3 is 21.0 Å². The maximum absolute atomic E-state index is 11.7. The molecular weight excluding hydrogens is 358 g/mol. The Labute approximate surface area is 154 Å². The fraction of sp³-hybridized carbons (Fsp3) is 0.0556. The fourth-order valence-electron chi connectivity index (χ4n) is 1.82. The normalized spacial score (nSPS) is 11.3. The summed E-state index contributed by atoms with van der Waals surface area (Å²) in [5.74, 6) is -0.827. The molecule has 0 aliphatic heterocycles. The number of hydrogen-bond acceptors (Lipinski definition) is 5. The standard InChI is InChI=1S/C18H16ClN3O4/c19-15-4-2-1-3-12(15)7-10-17(24)26-22-18(21)13-5-8-14(9-6-13)25-11-16(20)23/h1-10H,11H2,(H2,20,23)(H2,21,22)/b10-7+. The number of hydrogen-bond donors (Lipinski definition) is 2.